The van der Waals surface area contributed by atoms with E-state index in [2.05, 4.69) is 0 Å². The van der Waals surface area contributed by atoms with Gasteiger partial charge < -0.3 is 24.6 Å². The summed E-state index contributed by atoms with van der Waals surface area (Å²) in [5.41, 5.74) is 1.73. The van der Waals surface area contributed by atoms with Gasteiger partial charge in [0.25, 0.3) is 11.7 Å². The van der Waals surface area contributed by atoms with Crippen LogP contribution in [0, 0.1) is 0 Å². The molecule has 176 valence electrons. The predicted molar refractivity (Wildman–Crippen MR) is 125 cm³/mol. The van der Waals surface area contributed by atoms with Gasteiger partial charge in [-0.1, -0.05) is 42.5 Å². The van der Waals surface area contributed by atoms with Crippen LogP contribution >= 0.6 is 0 Å². The number of aromatic carboxylic acids is 1. The van der Waals surface area contributed by atoms with E-state index in [1.54, 1.807) is 54.6 Å². The van der Waals surface area contributed by atoms with E-state index >= 15 is 0 Å². The number of amides is 1. The standard InChI is InChI=1S/C27H21NO7/c29-24(19-10-11-20-21(14-19)35-13-12-34-20)22-23(17-4-2-1-3-5-17)28(26(31)25(22)30)15-16-6-8-18(9-7-16)27(32)33/h1-11,14,23,29H,12-13,15H2,(H,32,33)/b24-22-. The first-order valence-electron chi connectivity index (χ1n) is 11.0. The van der Waals surface area contributed by atoms with E-state index in [1.807, 2.05) is 6.07 Å². The zero-order chi connectivity index (χ0) is 24.5. The Labute approximate surface area is 200 Å². The molecule has 3 aromatic rings. The summed E-state index contributed by atoms with van der Waals surface area (Å²) >= 11 is 0. The number of fused-ring (bicyclic) bond motifs is 1. The molecule has 1 atom stereocenters. The van der Waals surface area contributed by atoms with Gasteiger partial charge in [-0.15, -0.1) is 0 Å². The first kappa shape index (κ1) is 22.2. The van der Waals surface area contributed by atoms with E-state index in [1.165, 1.54) is 17.0 Å². The summed E-state index contributed by atoms with van der Waals surface area (Å²) in [7, 11) is 0. The second-order valence-electron chi connectivity index (χ2n) is 8.20. The van der Waals surface area contributed by atoms with Gasteiger partial charge in [-0.2, -0.15) is 0 Å². The minimum Gasteiger partial charge on any atom is -0.507 e. The summed E-state index contributed by atoms with van der Waals surface area (Å²) in [5.74, 6) is -1.92. The number of carboxylic acids is 1. The van der Waals surface area contributed by atoms with Crippen molar-refractivity contribution in [2.75, 3.05) is 13.2 Å². The number of Topliss-reactive ketones (excluding diaryl/α,β-unsaturated/α-hetero) is 1. The molecule has 0 aromatic heterocycles. The lowest BCUT2D eigenvalue weighted by Crippen LogP contribution is -2.29. The van der Waals surface area contributed by atoms with Crippen LogP contribution in [0.15, 0.2) is 78.4 Å². The molecule has 1 saturated heterocycles. The van der Waals surface area contributed by atoms with Crippen LogP contribution in [0.2, 0.25) is 0 Å². The van der Waals surface area contributed by atoms with Crippen LogP contribution in [0.25, 0.3) is 5.76 Å². The first-order valence-corrected chi connectivity index (χ1v) is 11.0. The van der Waals surface area contributed by atoms with E-state index in [0.29, 0.717) is 41.4 Å². The number of hydrogen-bond acceptors (Lipinski definition) is 6. The van der Waals surface area contributed by atoms with E-state index < -0.39 is 23.7 Å². The minimum absolute atomic E-state index is 0.0277. The molecule has 35 heavy (non-hydrogen) atoms. The van der Waals surface area contributed by atoms with Gasteiger partial charge >= 0.3 is 5.97 Å². The molecule has 1 amide bonds. The highest BCUT2D eigenvalue weighted by atomic mass is 16.6. The molecule has 1 fully saturated rings. The SMILES string of the molecule is O=C1C(=O)N(Cc2ccc(C(=O)O)cc2)C(c2ccccc2)/C1=C(/O)c1ccc2c(c1)OCCO2. The number of benzene rings is 3. The van der Waals surface area contributed by atoms with Gasteiger partial charge in [0.05, 0.1) is 17.2 Å². The maximum absolute atomic E-state index is 13.2. The Morgan fingerprint density at radius 2 is 1.51 bits per heavy atom. The molecule has 2 heterocycles. The Morgan fingerprint density at radius 3 is 2.20 bits per heavy atom. The van der Waals surface area contributed by atoms with Crippen molar-refractivity contribution in [3.05, 3.63) is 101 Å². The second-order valence-corrected chi connectivity index (χ2v) is 8.20. The summed E-state index contributed by atoms with van der Waals surface area (Å²) in [6.07, 6.45) is 0. The number of carboxylic acid groups (broad SMARTS) is 1. The number of carbonyl (C=O) groups excluding carboxylic acids is 2. The van der Waals surface area contributed by atoms with Crippen molar-refractivity contribution in [3.63, 3.8) is 0 Å². The van der Waals surface area contributed by atoms with Crippen molar-refractivity contribution >= 4 is 23.4 Å². The average Bonchev–Trinajstić information content (AvgIpc) is 3.13. The fourth-order valence-electron chi connectivity index (χ4n) is 4.32. The van der Waals surface area contributed by atoms with Crippen LogP contribution in [0.1, 0.15) is 33.1 Å². The highest BCUT2D eigenvalue weighted by Crippen LogP contribution is 2.41. The van der Waals surface area contributed by atoms with Crippen LogP contribution in [0.5, 0.6) is 11.5 Å². The monoisotopic (exact) mass is 471 g/mol. The number of ether oxygens (including phenoxy) is 2. The number of aliphatic hydroxyl groups is 1. The lowest BCUT2D eigenvalue weighted by molar-refractivity contribution is -0.140. The molecular weight excluding hydrogens is 450 g/mol. The molecule has 0 spiro atoms. The third kappa shape index (κ3) is 4.10. The molecule has 5 rings (SSSR count). The third-order valence-corrected chi connectivity index (χ3v) is 6.02. The van der Waals surface area contributed by atoms with Crippen molar-refractivity contribution in [3.8, 4) is 11.5 Å². The average molecular weight is 471 g/mol. The highest BCUT2D eigenvalue weighted by molar-refractivity contribution is 6.46. The zero-order valence-electron chi connectivity index (χ0n) is 18.5. The largest absolute Gasteiger partial charge is 0.507 e. The molecular formula is C27H21NO7. The van der Waals surface area contributed by atoms with E-state index in [0.717, 1.165) is 0 Å². The molecule has 0 bridgehead atoms. The van der Waals surface area contributed by atoms with Gasteiger partial charge in [-0.3, -0.25) is 9.59 Å². The van der Waals surface area contributed by atoms with Crippen LogP contribution < -0.4 is 9.47 Å². The smallest absolute Gasteiger partial charge is 0.335 e. The molecule has 8 nitrogen and oxygen atoms in total. The number of ketones is 1. The molecule has 2 aliphatic heterocycles. The molecule has 0 aliphatic carbocycles. The number of carbonyl (C=O) groups is 3. The number of aliphatic hydroxyl groups excluding tert-OH is 1. The molecule has 2 N–H and O–H groups in total. The van der Waals surface area contributed by atoms with Crippen LogP contribution in [-0.2, 0) is 16.1 Å². The summed E-state index contributed by atoms with van der Waals surface area (Å²) < 4.78 is 11.1. The maximum Gasteiger partial charge on any atom is 0.335 e. The lowest BCUT2D eigenvalue weighted by Gasteiger charge is -2.25. The number of nitrogens with zero attached hydrogens (tertiary/aromatic N) is 1. The molecule has 0 radical (unpaired) electrons. The molecule has 3 aromatic carbocycles. The Balaban J connectivity index is 1.58. The molecule has 8 heteroatoms. The molecule has 0 saturated carbocycles. The van der Waals surface area contributed by atoms with Crippen LogP contribution in [0.3, 0.4) is 0 Å². The van der Waals surface area contributed by atoms with Crippen molar-refractivity contribution < 1.29 is 34.1 Å². The summed E-state index contributed by atoms with van der Waals surface area (Å²) in [4.78, 5) is 38.9. The van der Waals surface area contributed by atoms with E-state index in [4.69, 9.17) is 14.6 Å². The van der Waals surface area contributed by atoms with Gasteiger partial charge in [0.2, 0.25) is 0 Å². The van der Waals surface area contributed by atoms with E-state index in [9.17, 15) is 19.5 Å². The van der Waals surface area contributed by atoms with Crippen molar-refractivity contribution in [2.45, 2.75) is 12.6 Å². The lowest BCUT2D eigenvalue weighted by atomic mass is 9.95. The number of rotatable bonds is 5. The van der Waals surface area contributed by atoms with Gasteiger partial charge in [0, 0.05) is 12.1 Å². The summed E-state index contributed by atoms with van der Waals surface area (Å²) in [6.45, 7) is 0.846. The first-order chi connectivity index (χ1) is 16.9. The second kappa shape index (κ2) is 8.98. The maximum atomic E-state index is 13.2. The fourth-order valence-corrected chi connectivity index (χ4v) is 4.32. The molecule has 1 unspecified atom stereocenters. The summed E-state index contributed by atoms with van der Waals surface area (Å²) in [5, 5.41) is 20.4. The van der Waals surface area contributed by atoms with Gasteiger partial charge in [0.1, 0.15) is 19.0 Å². The summed E-state index contributed by atoms with van der Waals surface area (Å²) in [6, 6.07) is 19.1. The van der Waals surface area contributed by atoms with Crippen LogP contribution in [0.4, 0.5) is 0 Å². The van der Waals surface area contributed by atoms with Crippen molar-refractivity contribution in [1.29, 1.82) is 0 Å². The van der Waals surface area contributed by atoms with Crippen molar-refractivity contribution in [1.82, 2.24) is 4.90 Å². The van der Waals surface area contributed by atoms with Gasteiger partial charge in [-0.25, -0.2) is 4.79 Å². The Kier molecular flexibility index (Phi) is 5.70. The third-order valence-electron chi connectivity index (χ3n) is 6.02. The van der Waals surface area contributed by atoms with Crippen LogP contribution in [-0.4, -0.2) is 46.0 Å². The normalized spacial score (nSPS) is 18.5. The highest BCUT2D eigenvalue weighted by Gasteiger charge is 2.46. The quantitative estimate of drug-likeness (QED) is 0.331. The Hall–Kier alpha value is -4.59. The topological polar surface area (TPSA) is 113 Å². The predicted octanol–water partition coefficient (Wildman–Crippen LogP) is 3.78. The Morgan fingerprint density at radius 1 is 0.857 bits per heavy atom. The van der Waals surface area contributed by atoms with Crippen molar-refractivity contribution in [2.24, 2.45) is 0 Å². The van der Waals surface area contributed by atoms with E-state index in [-0.39, 0.29) is 23.4 Å². The zero-order valence-corrected chi connectivity index (χ0v) is 18.5. The fraction of sp³-hybridized carbons (Fsp3) is 0.148. The number of hydrogen-bond donors (Lipinski definition) is 2. The van der Waals surface area contributed by atoms with Gasteiger partial charge in [0.15, 0.2) is 11.5 Å². The molecule has 2 aliphatic rings. The minimum atomic E-state index is -1.05. The number of likely N-dealkylation sites (tertiary alicyclic amines) is 1. The Bertz CT molecular complexity index is 1350. The van der Waals surface area contributed by atoms with Gasteiger partial charge in [-0.05, 0) is 41.5 Å².